The van der Waals surface area contributed by atoms with E-state index in [1.807, 2.05) is 30.3 Å². The molecule has 7 heteroatoms. The van der Waals surface area contributed by atoms with Gasteiger partial charge in [-0.1, -0.05) is 24.6 Å². The van der Waals surface area contributed by atoms with Gasteiger partial charge in [0.15, 0.2) is 6.61 Å². The van der Waals surface area contributed by atoms with Crippen molar-refractivity contribution in [1.82, 2.24) is 4.90 Å². The van der Waals surface area contributed by atoms with Crippen molar-refractivity contribution in [2.24, 2.45) is 0 Å². The smallest absolute Gasteiger partial charge is 0.326 e. The fraction of sp³-hybridized carbons (Fsp3) is 0.318. The molecule has 152 valence electrons. The number of carbonyl (C=O) groups is 3. The van der Waals surface area contributed by atoms with Crippen molar-refractivity contribution in [2.75, 3.05) is 25.0 Å². The molecule has 1 aliphatic heterocycles. The van der Waals surface area contributed by atoms with Crippen LogP contribution in [0, 0.1) is 0 Å². The molecule has 1 saturated heterocycles. The van der Waals surface area contributed by atoms with Crippen LogP contribution < -0.4 is 10.1 Å². The molecule has 2 amide bonds. The highest BCUT2D eigenvalue weighted by atomic mass is 16.5. The summed E-state index contributed by atoms with van der Waals surface area (Å²) in [6, 6.07) is 16.2. The second-order valence-electron chi connectivity index (χ2n) is 6.77. The minimum atomic E-state index is -0.581. The summed E-state index contributed by atoms with van der Waals surface area (Å²) in [5.74, 6) is 0.294. The van der Waals surface area contributed by atoms with Crippen molar-refractivity contribution < 1.29 is 23.9 Å². The Morgan fingerprint density at radius 2 is 1.66 bits per heavy atom. The zero-order chi connectivity index (χ0) is 20.5. The molecule has 0 aliphatic carbocycles. The lowest BCUT2D eigenvalue weighted by Gasteiger charge is -2.19. The van der Waals surface area contributed by atoms with Crippen LogP contribution in [-0.2, 0) is 19.1 Å². The van der Waals surface area contributed by atoms with Gasteiger partial charge in [-0.25, -0.2) is 0 Å². The Bertz CT molecular complexity index is 836. The van der Waals surface area contributed by atoms with E-state index in [1.54, 1.807) is 24.3 Å². The van der Waals surface area contributed by atoms with Gasteiger partial charge in [0.25, 0.3) is 5.91 Å². The fourth-order valence-corrected chi connectivity index (χ4v) is 2.98. The number of amides is 2. The van der Waals surface area contributed by atoms with Crippen molar-refractivity contribution in [2.45, 2.75) is 25.7 Å². The Balaban J connectivity index is 1.42. The van der Waals surface area contributed by atoms with Gasteiger partial charge in [0.2, 0.25) is 5.91 Å². The first-order valence-corrected chi connectivity index (χ1v) is 9.66. The van der Waals surface area contributed by atoms with E-state index in [9.17, 15) is 14.4 Å². The van der Waals surface area contributed by atoms with Crippen molar-refractivity contribution >= 4 is 23.5 Å². The minimum absolute atomic E-state index is 0.0401. The number of nitrogens with zero attached hydrogens (tertiary/aromatic N) is 1. The predicted octanol–water partition coefficient (Wildman–Crippen LogP) is 3.36. The summed E-state index contributed by atoms with van der Waals surface area (Å²) in [5.41, 5.74) is 0.564. The molecule has 1 aliphatic rings. The lowest BCUT2D eigenvalue weighted by atomic mass is 10.2. The van der Waals surface area contributed by atoms with Crippen LogP contribution in [-0.4, -0.2) is 42.4 Å². The van der Waals surface area contributed by atoms with Gasteiger partial charge >= 0.3 is 5.97 Å². The number of benzene rings is 2. The minimum Gasteiger partial charge on any atom is -0.457 e. The summed E-state index contributed by atoms with van der Waals surface area (Å²) in [7, 11) is 0. The number of likely N-dealkylation sites (tertiary alicyclic amines) is 1. The summed E-state index contributed by atoms with van der Waals surface area (Å²) in [6.07, 6.45) is 3.16. The number of hydrogen-bond donors (Lipinski definition) is 1. The van der Waals surface area contributed by atoms with Crippen LogP contribution in [0.25, 0.3) is 0 Å². The Hall–Kier alpha value is -3.35. The first-order chi connectivity index (χ1) is 14.1. The van der Waals surface area contributed by atoms with Crippen molar-refractivity contribution in [3.05, 3.63) is 54.6 Å². The molecule has 1 N–H and O–H groups in total. The molecule has 0 bridgehead atoms. The third-order valence-corrected chi connectivity index (χ3v) is 4.47. The molecule has 0 radical (unpaired) electrons. The van der Waals surface area contributed by atoms with Gasteiger partial charge in [0.05, 0.1) is 0 Å². The number of hydrogen-bond acceptors (Lipinski definition) is 5. The zero-order valence-corrected chi connectivity index (χ0v) is 16.1. The number of rotatable bonds is 7. The molecular formula is C22H24N2O5. The summed E-state index contributed by atoms with van der Waals surface area (Å²) in [4.78, 5) is 37.3. The van der Waals surface area contributed by atoms with Crippen LogP contribution in [0.5, 0.6) is 11.5 Å². The summed E-state index contributed by atoms with van der Waals surface area (Å²) >= 11 is 0. The molecule has 0 saturated carbocycles. The maximum absolute atomic E-state index is 12.0. The molecule has 2 aromatic rings. The molecule has 2 aromatic carbocycles. The Labute approximate surface area is 169 Å². The van der Waals surface area contributed by atoms with Gasteiger partial charge in [-0.05, 0) is 49.2 Å². The van der Waals surface area contributed by atoms with Crippen LogP contribution in [0.2, 0.25) is 0 Å². The molecule has 0 aromatic heterocycles. The Kier molecular flexibility index (Phi) is 7.22. The zero-order valence-electron chi connectivity index (χ0n) is 16.1. The standard InChI is InChI=1S/C22H24N2O5/c25-20(16-28-22(27)15-24-14-6-2-5-9-21(24)26)23-17-10-12-19(13-11-17)29-18-7-3-1-4-8-18/h1,3-4,7-8,10-13H,2,5-6,9,14-16H2,(H,23,25). The number of esters is 1. The normalized spacial score (nSPS) is 14.1. The van der Waals surface area contributed by atoms with Crippen molar-refractivity contribution in [3.63, 3.8) is 0 Å². The van der Waals surface area contributed by atoms with Crippen LogP contribution in [0.15, 0.2) is 54.6 Å². The first kappa shape index (κ1) is 20.4. The number of carbonyl (C=O) groups excluding carboxylic acids is 3. The van der Waals surface area contributed by atoms with Gasteiger partial charge in [-0.15, -0.1) is 0 Å². The van der Waals surface area contributed by atoms with Crippen molar-refractivity contribution in [3.8, 4) is 11.5 Å². The predicted molar refractivity (Wildman–Crippen MR) is 108 cm³/mol. The van der Waals surface area contributed by atoms with E-state index in [0.717, 1.165) is 25.0 Å². The van der Waals surface area contributed by atoms with E-state index < -0.39 is 18.5 Å². The van der Waals surface area contributed by atoms with Gasteiger partial charge in [0.1, 0.15) is 18.0 Å². The van der Waals surface area contributed by atoms with Crippen molar-refractivity contribution in [1.29, 1.82) is 0 Å². The first-order valence-electron chi connectivity index (χ1n) is 9.66. The lowest BCUT2D eigenvalue weighted by molar-refractivity contribution is -0.151. The molecule has 29 heavy (non-hydrogen) atoms. The number of para-hydroxylation sites is 1. The second kappa shape index (κ2) is 10.3. The molecule has 7 nitrogen and oxygen atoms in total. The largest absolute Gasteiger partial charge is 0.457 e. The summed E-state index contributed by atoms with van der Waals surface area (Å²) in [5, 5.41) is 2.66. The van der Waals surface area contributed by atoms with E-state index in [4.69, 9.17) is 9.47 Å². The maximum atomic E-state index is 12.0. The van der Waals surface area contributed by atoms with E-state index in [1.165, 1.54) is 4.90 Å². The SMILES string of the molecule is O=C(COC(=O)CN1CCCCCC1=O)Nc1ccc(Oc2ccccc2)cc1. The molecule has 0 spiro atoms. The highest BCUT2D eigenvalue weighted by molar-refractivity contribution is 5.93. The van der Waals surface area contributed by atoms with E-state index in [2.05, 4.69) is 5.32 Å². The third kappa shape index (κ3) is 6.64. The van der Waals surface area contributed by atoms with E-state index >= 15 is 0 Å². The fourth-order valence-electron chi connectivity index (χ4n) is 2.98. The molecular weight excluding hydrogens is 372 g/mol. The number of anilines is 1. The quantitative estimate of drug-likeness (QED) is 0.726. The molecule has 0 atom stereocenters. The van der Waals surface area contributed by atoms with Crippen LogP contribution in [0.1, 0.15) is 25.7 Å². The highest BCUT2D eigenvalue weighted by Gasteiger charge is 2.20. The van der Waals surface area contributed by atoms with Gasteiger partial charge in [-0.3, -0.25) is 14.4 Å². The third-order valence-electron chi connectivity index (χ3n) is 4.47. The molecule has 3 rings (SSSR count). The summed E-state index contributed by atoms with van der Waals surface area (Å²) in [6.45, 7) is 0.0400. The van der Waals surface area contributed by atoms with Gasteiger partial charge < -0.3 is 19.7 Å². The maximum Gasteiger partial charge on any atom is 0.326 e. The van der Waals surface area contributed by atoms with Crippen LogP contribution >= 0.6 is 0 Å². The lowest BCUT2D eigenvalue weighted by Crippen LogP contribution is -2.36. The topological polar surface area (TPSA) is 84.9 Å². The van der Waals surface area contributed by atoms with Gasteiger partial charge in [0, 0.05) is 18.7 Å². The summed E-state index contributed by atoms with van der Waals surface area (Å²) < 4.78 is 10.7. The molecule has 1 fully saturated rings. The average Bonchev–Trinajstić information content (AvgIpc) is 2.93. The average molecular weight is 396 g/mol. The monoisotopic (exact) mass is 396 g/mol. The molecule has 1 heterocycles. The number of nitrogens with one attached hydrogen (secondary N) is 1. The van der Waals surface area contributed by atoms with Crippen LogP contribution in [0.3, 0.4) is 0 Å². The Morgan fingerprint density at radius 3 is 2.41 bits per heavy atom. The van der Waals surface area contributed by atoms with Gasteiger partial charge in [-0.2, -0.15) is 0 Å². The Morgan fingerprint density at radius 1 is 0.931 bits per heavy atom. The van der Waals surface area contributed by atoms with E-state index in [-0.39, 0.29) is 12.5 Å². The molecule has 0 unspecified atom stereocenters. The van der Waals surface area contributed by atoms with Crippen LogP contribution in [0.4, 0.5) is 5.69 Å². The highest BCUT2D eigenvalue weighted by Crippen LogP contribution is 2.22. The number of ether oxygens (including phenoxy) is 2. The second-order valence-corrected chi connectivity index (χ2v) is 6.77. The van der Waals surface area contributed by atoms with E-state index in [0.29, 0.717) is 24.4 Å².